The Bertz CT molecular complexity index is 242. The van der Waals surface area contributed by atoms with E-state index in [0.29, 0.717) is 12.8 Å². The average Bonchev–Trinajstić information content (AvgIpc) is 2.20. The van der Waals surface area contributed by atoms with Gasteiger partial charge in [0.05, 0.1) is 0 Å². The summed E-state index contributed by atoms with van der Waals surface area (Å²) < 4.78 is 35.2. The molecule has 7 heteroatoms. The minimum atomic E-state index is -4.39. The molecule has 0 aliphatic rings. The Hall–Kier alpha value is -0.980. The average molecular weight is 256 g/mol. The second kappa shape index (κ2) is 6.68. The van der Waals surface area contributed by atoms with Crippen LogP contribution in [0.3, 0.4) is 0 Å². The van der Waals surface area contributed by atoms with Gasteiger partial charge in [-0.1, -0.05) is 13.8 Å². The van der Waals surface area contributed by atoms with Crippen LogP contribution in [0, 0.1) is 5.41 Å². The summed E-state index contributed by atoms with van der Waals surface area (Å²) in [7, 11) is 0. The molecule has 0 aliphatic heterocycles. The Labute approximate surface area is 98.6 Å². The van der Waals surface area contributed by atoms with E-state index < -0.39 is 18.8 Å². The van der Waals surface area contributed by atoms with Crippen molar-refractivity contribution in [3.05, 3.63) is 0 Å². The number of hydrogen-bond acceptors (Lipinski definition) is 2. The van der Waals surface area contributed by atoms with Gasteiger partial charge in [-0.15, -0.1) is 0 Å². The van der Waals surface area contributed by atoms with Gasteiger partial charge in [-0.2, -0.15) is 13.2 Å². The number of rotatable bonds is 6. The molecule has 0 aromatic carbocycles. The fourth-order valence-corrected chi connectivity index (χ4v) is 1.09. The first-order chi connectivity index (χ1) is 7.66. The van der Waals surface area contributed by atoms with E-state index in [1.807, 2.05) is 13.8 Å². The van der Waals surface area contributed by atoms with Crippen LogP contribution < -0.4 is 10.6 Å². The van der Waals surface area contributed by atoms with Crippen molar-refractivity contribution in [3.8, 4) is 0 Å². The minimum absolute atomic E-state index is 0.0350. The van der Waals surface area contributed by atoms with Gasteiger partial charge in [0.2, 0.25) is 0 Å². The van der Waals surface area contributed by atoms with E-state index >= 15 is 0 Å². The maximum atomic E-state index is 11.7. The number of carbonyl (C=O) groups excluding carboxylic acids is 1. The van der Waals surface area contributed by atoms with Crippen molar-refractivity contribution in [1.29, 1.82) is 0 Å². The molecular formula is C10H19F3N2O2. The van der Waals surface area contributed by atoms with Crippen molar-refractivity contribution in [1.82, 2.24) is 10.6 Å². The Balaban J connectivity index is 3.59. The monoisotopic (exact) mass is 256 g/mol. The predicted octanol–water partition coefficient (Wildman–Crippen LogP) is 1.65. The molecule has 0 aliphatic carbocycles. The van der Waals surface area contributed by atoms with Crippen LogP contribution >= 0.6 is 0 Å². The normalized spacial score (nSPS) is 12.4. The lowest BCUT2D eigenvalue weighted by atomic mass is 9.89. The smallest absolute Gasteiger partial charge is 0.396 e. The SMILES string of the molecule is CC(C)(CO)CCCNC(=O)NCC(F)(F)F. The topological polar surface area (TPSA) is 61.4 Å². The van der Waals surface area contributed by atoms with E-state index in [1.165, 1.54) is 0 Å². The fraction of sp³-hybridized carbons (Fsp3) is 0.900. The van der Waals surface area contributed by atoms with Crippen LogP contribution in [0.25, 0.3) is 0 Å². The number of amides is 2. The first-order valence-corrected chi connectivity index (χ1v) is 5.36. The van der Waals surface area contributed by atoms with E-state index in [2.05, 4.69) is 5.32 Å². The molecule has 0 rings (SSSR count). The van der Waals surface area contributed by atoms with E-state index in [0.717, 1.165) is 0 Å². The van der Waals surface area contributed by atoms with Crippen molar-refractivity contribution < 1.29 is 23.1 Å². The number of carbonyl (C=O) groups is 1. The molecule has 0 heterocycles. The zero-order chi connectivity index (χ0) is 13.5. The van der Waals surface area contributed by atoms with Gasteiger partial charge in [-0.25, -0.2) is 4.79 Å². The second-order valence-corrected chi connectivity index (χ2v) is 4.65. The standard InChI is InChI=1S/C10H19F3N2O2/c1-9(2,7-16)4-3-5-14-8(17)15-6-10(11,12)13/h16H,3-7H2,1-2H3,(H2,14,15,17). The number of aliphatic hydroxyl groups is 1. The third kappa shape index (κ3) is 9.92. The highest BCUT2D eigenvalue weighted by Crippen LogP contribution is 2.20. The first-order valence-electron chi connectivity index (χ1n) is 5.36. The molecule has 0 saturated carbocycles. The molecule has 2 amide bonds. The van der Waals surface area contributed by atoms with Crippen LogP contribution in [0.5, 0.6) is 0 Å². The molecule has 0 radical (unpaired) electrons. The van der Waals surface area contributed by atoms with E-state index in [1.54, 1.807) is 5.32 Å². The maximum absolute atomic E-state index is 11.7. The van der Waals surface area contributed by atoms with Gasteiger partial charge < -0.3 is 15.7 Å². The van der Waals surface area contributed by atoms with Crippen LogP contribution in [-0.2, 0) is 0 Å². The van der Waals surface area contributed by atoms with Crippen LogP contribution in [0.2, 0.25) is 0 Å². The first kappa shape index (κ1) is 16.0. The molecule has 0 spiro atoms. The molecule has 0 saturated heterocycles. The highest BCUT2D eigenvalue weighted by Gasteiger charge is 2.27. The van der Waals surface area contributed by atoms with E-state index in [-0.39, 0.29) is 18.6 Å². The van der Waals surface area contributed by atoms with Crippen molar-refractivity contribution >= 4 is 6.03 Å². The van der Waals surface area contributed by atoms with E-state index in [4.69, 9.17) is 5.11 Å². The summed E-state index contributed by atoms with van der Waals surface area (Å²) in [5.41, 5.74) is -0.232. The lowest BCUT2D eigenvalue weighted by Gasteiger charge is -2.21. The molecular weight excluding hydrogens is 237 g/mol. The van der Waals surface area contributed by atoms with Crippen molar-refractivity contribution in [3.63, 3.8) is 0 Å². The lowest BCUT2D eigenvalue weighted by molar-refractivity contribution is -0.122. The largest absolute Gasteiger partial charge is 0.405 e. The van der Waals surface area contributed by atoms with Gasteiger partial charge in [0.1, 0.15) is 6.54 Å². The number of aliphatic hydroxyl groups excluding tert-OH is 1. The number of halogens is 3. The molecule has 0 fully saturated rings. The van der Waals surface area contributed by atoms with Crippen molar-refractivity contribution in [2.75, 3.05) is 19.7 Å². The van der Waals surface area contributed by atoms with Crippen LogP contribution in [-0.4, -0.2) is 37.0 Å². The van der Waals surface area contributed by atoms with Crippen LogP contribution in [0.15, 0.2) is 0 Å². The second-order valence-electron chi connectivity index (χ2n) is 4.65. The van der Waals surface area contributed by atoms with Gasteiger partial charge in [-0.05, 0) is 18.3 Å². The third-order valence-electron chi connectivity index (χ3n) is 2.19. The summed E-state index contributed by atoms with van der Waals surface area (Å²) in [6.07, 6.45) is -3.10. The van der Waals surface area contributed by atoms with Crippen LogP contribution in [0.1, 0.15) is 26.7 Å². The van der Waals surface area contributed by atoms with Gasteiger partial charge >= 0.3 is 12.2 Å². The summed E-state index contributed by atoms with van der Waals surface area (Å²) >= 11 is 0. The summed E-state index contributed by atoms with van der Waals surface area (Å²) in [6.45, 7) is 2.73. The Morgan fingerprint density at radius 2 is 1.82 bits per heavy atom. The molecule has 0 aromatic rings. The number of urea groups is 1. The third-order valence-corrected chi connectivity index (χ3v) is 2.19. The molecule has 102 valence electrons. The quantitative estimate of drug-likeness (QED) is 0.633. The molecule has 0 bridgehead atoms. The summed E-state index contributed by atoms with van der Waals surface area (Å²) in [4.78, 5) is 10.9. The fourth-order valence-electron chi connectivity index (χ4n) is 1.09. The lowest BCUT2D eigenvalue weighted by Crippen LogP contribution is -2.41. The molecule has 17 heavy (non-hydrogen) atoms. The van der Waals surface area contributed by atoms with Gasteiger partial charge in [0.25, 0.3) is 0 Å². The predicted molar refractivity (Wildman–Crippen MR) is 57.6 cm³/mol. The zero-order valence-corrected chi connectivity index (χ0v) is 10.0. The summed E-state index contributed by atoms with van der Waals surface area (Å²) in [5.74, 6) is 0. The molecule has 0 aromatic heterocycles. The summed E-state index contributed by atoms with van der Waals surface area (Å²) in [6, 6.07) is -0.830. The number of hydrogen-bond donors (Lipinski definition) is 3. The van der Waals surface area contributed by atoms with Gasteiger partial charge in [0.15, 0.2) is 0 Å². The Kier molecular flexibility index (Phi) is 6.30. The minimum Gasteiger partial charge on any atom is -0.396 e. The van der Waals surface area contributed by atoms with Gasteiger partial charge in [0, 0.05) is 13.2 Å². The Morgan fingerprint density at radius 3 is 2.29 bits per heavy atom. The molecule has 3 N–H and O–H groups in total. The Morgan fingerprint density at radius 1 is 1.24 bits per heavy atom. The zero-order valence-electron chi connectivity index (χ0n) is 10.0. The highest BCUT2D eigenvalue weighted by atomic mass is 19.4. The maximum Gasteiger partial charge on any atom is 0.405 e. The van der Waals surface area contributed by atoms with Crippen molar-refractivity contribution in [2.45, 2.75) is 32.9 Å². The van der Waals surface area contributed by atoms with E-state index in [9.17, 15) is 18.0 Å². The number of nitrogens with one attached hydrogen (secondary N) is 2. The molecule has 0 unspecified atom stereocenters. The van der Waals surface area contributed by atoms with Crippen LogP contribution in [0.4, 0.5) is 18.0 Å². The van der Waals surface area contributed by atoms with Gasteiger partial charge in [-0.3, -0.25) is 0 Å². The van der Waals surface area contributed by atoms with Crippen molar-refractivity contribution in [2.24, 2.45) is 5.41 Å². The molecule has 4 nitrogen and oxygen atoms in total. The highest BCUT2D eigenvalue weighted by molar-refractivity contribution is 5.73. The summed E-state index contributed by atoms with van der Waals surface area (Å²) in [5, 5.41) is 13.0. The molecule has 0 atom stereocenters. The number of alkyl halides is 3.